The predicted molar refractivity (Wildman–Crippen MR) is 66.3 cm³/mol. The Balaban J connectivity index is 1.79. The molecule has 18 heavy (non-hydrogen) atoms. The Bertz CT molecular complexity index is 532. The van der Waals surface area contributed by atoms with Gasteiger partial charge in [0.2, 0.25) is 10.0 Å². The van der Waals surface area contributed by atoms with Crippen LogP contribution in [0.5, 0.6) is 0 Å². The number of sulfonamides is 1. The molecular formula is C10H17N5O2S. The molecule has 3 fully saturated rings. The van der Waals surface area contributed by atoms with E-state index in [-0.39, 0.29) is 16.8 Å². The molecule has 3 aliphatic heterocycles. The molecule has 7 nitrogen and oxygen atoms in total. The third-order valence-corrected chi connectivity index (χ3v) is 5.40. The number of H-pyrrole nitrogens is 1. The summed E-state index contributed by atoms with van der Waals surface area (Å²) >= 11 is 0. The van der Waals surface area contributed by atoms with Crippen LogP contribution in [0.4, 0.5) is 5.82 Å². The second-order valence-electron chi connectivity index (χ2n) is 5.01. The molecule has 0 spiro atoms. The summed E-state index contributed by atoms with van der Waals surface area (Å²) in [6, 6.07) is -0.00759. The molecule has 0 amide bonds. The minimum Gasteiger partial charge on any atom is -0.383 e. The van der Waals surface area contributed by atoms with E-state index in [1.165, 1.54) is 6.20 Å². The van der Waals surface area contributed by atoms with Crippen LogP contribution in [0.15, 0.2) is 11.1 Å². The van der Waals surface area contributed by atoms with Crippen molar-refractivity contribution in [1.82, 2.24) is 19.8 Å². The summed E-state index contributed by atoms with van der Waals surface area (Å²) in [5.74, 6) is 0.529. The van der Waals surface area contributed by atoms with Crippen LogP contribution in [0.3, 0.4) is 0 Å². The lowest BCUT2D eigenvalue weighted by Gasteiger charge is -2.44. The highest BCUT2D eigenvalue weighted by atomic mass is 32.2. The highest BCUT2D eigenvalue weighted by Gasteiger charge is 2.37. The summed E-state index contributed by atoms with van der Waals surface area (Å²) in [5.41, 5.74) is 5.56. The van der Waals surface area contributed by atoms with E-state index in [0.717, 1.165) is 32.5 Å². The summed E-state index contributed by atoms with van der Waals surface area (Å²) in [7, 11) is -3.57. The number of hydrogen-bond donors (Lipinski definition) is 3. The maximum absolute atomic E-state index is 12.2. The van der Waals surface area contributed by atoms with Gasteiger partial charge in [-0.15, -0.1) is 0 Å². The first kappa shape index (κ1) is 11.9. The Morgan fingerprint density at radius 1 is 1.44 bits per heavy atom. The number of rotatable bonds is 3. The zero-order valence-corrected chi connectivity index (χ0v) is 10.8. The number of aromatic nitrogens is 2. The Kier molecular flexibility index (Phi) is 2.80. The van der Waals surface area contributed by atoms with Gasteiger partial charge in [-0.1, -0.05) is 0 Å². The molecular weight excluding hydrogens is 254 g/mol. The number of nitrogens with two attached hydrogens (primary N) is 1. The minimum atomic E-state index is -3.57. The smallest absolute Gasteiger partial charge is 0.246 e. The van der Waals surface area contributed by atoms with Gasteiger partial charge in [0.25, 0.3) is 0 Å². The quantitative estimate of drug-likeness (QED) is 0.678. The van der Waals surface area contributed by atoms with E-state index in [0.29, 0.717) is 5.92 Å². The number of hydrogen-bond acceptors (Lipinski definition) is 5. The summed E-state index contributed by atoms with van der Waals surface area (Å²) in [6.45, 7) is 2.95. The van der Waals surface area contributed by atoms with Crippen LogP contribution in [-0.2, 0) is 10.0 Å². The zero-order valence-electron chi connectivity index (χ0n) is 9.96. The SMILES string of the molecule is Nc1[nH]ncc1S(=O)(=O)NC1CN2CCC1CC2. The van der Waals surface area contributed by atoms with Crippen molar-refractivity contribution in [2.45, 2.75) is 23.8 Å². The average Bonchev–Trinajstić information content (AvgIpc) is 2.77. The maximum Gasteiger partial charge on any atom is 0.246 e. The number of fused-ring (bicyclic) bond motifs is 3. The van der Waals surface area contributed by atoms with Gasteiger partial charge in [0.05, 0.1) is 6.20 Å². The zero-order chi connectivity index (χ0) is 12.8. The van der Waals surface area contributed by atoms with Crippen LogP contribution in [0.2, 0.25) is 0 Å². The molecule has 1 aromatic heterocycles. The van der Waals surface area contributed by atoms with E-state index in [1.54, 1.807) is 0 Å². The molecule has 3 aliphatic rings. The predicted octanol–water partition coefficient (Wildman–Crippen LogP) is -0.636. The van der Waals surface area contributed by atoms with Crippen molar-refractivity contribution in [3.8, 4) is 0 Å². The number of aromatic amines is 1. The Hall–Kier alpha value is -1.12. The van der Waals surface area contributed by atoms with Gasteiger partial charge in [-0.05, 0) is 31.8 Å². The van der Waals surface area contributed by atoms with Gasteiger partial charge >= 0.3 is 0 Å². The van der Waals surface area contributed by atoms with Gasteiger partial charge in [0, 0.05) is 12.6 Å². The Morgan fingerprint density at radius 2 is 2.17 bits per heavy atom. The molecule has 1 atom stereocenters. The van der Waals surface area contributed by atoms with Crippen LogP contribution >= 0.6 is 0 Å². The lowest BCUT2D eigenvalue weighted by Crippen LogP contribution is -2.57. The van der Waals surface area contributed by atoms with Crippen molar-refractivity contribution in [2.24, 2.45) is 5.92 Å². The highest BCUT2D eigenvalue weighted by Crippen LogP contribution is 2.28. The number of nitrogen functional groups attached to an aromatic ring is 1. The normalized spacial score (nSPS) is 31.7. The second kappa shape index (κ2) is 4.22. The Labute approximate surface area is 106 Å². The van der Waals surface area contributed by atoms with Crippen molar-refractivity contribution in [2.75, 3.05) is 25.4 Å². The monoisotopic (exact) mass is 271 g/mol. The molecule has 0 aromatic carbocycles. The third kappa shape index (κ3) is 2.00. The molecule has 1 aromatic rings. The first-order chi connectivity index (χ1) is 8.56. The van der Waals surface area contributed by atoms with Gasteiger partial charge in [-0.3, -0.25) is 5.10 Å². The van der Waals surface area contributed by atoms with Crippen molar-refractivity contribution in [3.63, 3.8) is 0 Å². The highest BCUT2D eigenvalue weighted by molar-refractivity contribution is 7.89. The number of anilines is 1. The van der Waals surface area contributed by atoms with Gasteiger partial charge in [-0.25, -0.2) is 13.1 Å². The summed E-state index contributed by atoms with van der Waals surface area (Å²) in [4.78, 5) is 2.34. The van der Waals surface area contributed by atoms with Gasteiger partial charge in [-0.2, -0.15) is 5.10 Å². The van der Waals surface area contributed by atoms with E-state index in [2.05, 4.69) is 19.8 Å². The van der Waals surface area contributed by atoms with E-state index < -0.39 is 10.0 Å². The van der Waals surface area contributed by atoms with Crippen LogP contribution in [-0.4, -0.2) is 49.2 Å². The minimum absolute atomic E-state index is 0.00759. The second-order valence-corrected chi connectivity index (χ2v) is 6.70. The fourth-order valence-electron chi connectivity index (χ4n) is 2.86. The fraction of sp³-hybridized carbons (Fsp3) is 0.700. The molecule has 1 unspecified atom stereocenters. The maximum atomic E-state index is 12.2. The number of nitrogens with one attached hydrogen (secondary N) is 2. The molecule has 3 saturated heterocycles. The standard InChI is InChI=1S/C10H17N5O2S/c11-10-9(5-12-13-10)18(16,17)14-8-6-15-3-1-7(8)2-4-15/h5,7-8,14H,1-4,6H2,(H3,11,12,13). The van der Waals surface area contributed by atoms with Gasteiger partial charge < -0.3 is 10.6 Å². The van der Waals surface area contributed by atoms with Crippen molar-refractivity contribution in [3.05, 3.63) is 6.20 Å². The van der Waals surface area contributed by atoms with E-state index in [4.69, 9.17) is 5.73 Å². The molecule has 4 heterocycles. The lowest BCUT2D eigenvalue weighted by atomic mass is 9.85. The molecule has 4 N–H and O–H groups in total. The topological polar surface area (TPSA) is 104 Å². The number of nitrogens with zero attached hydrogens (tertiary/aromatic N) is 2. The molecule has 2 bridgehead atoms. The number of piperidine rings is 3. The van der Waals surface area contributed by atoms with Crippen LogP contribution < -0.4 is 10.5 Å². The summed E-state index contributed by atoms with van der Waals surface area (Å²) in [6.07, 6.45) is 3.38. The molecule has 0 saturated carbocycles. The van der Waals surface area contributed by atoms with Crippen LogP contribution in [0.1, 0.15) is 12.8 Å². The van der Waals surface area contributed by atoms with Crippen LogP contribution in [0, 0.1) is 5.92 Å². The first-order valence-corrected chi connectivity index (χ1v) is 7.58. The van der Waals surface area contributed by atoms with E-state index in [1.807, 2.05) is 0 Å². The molecule has 100 valence electrons. The van der Waals surface area contributed by atoms with Crippen LogP contribution in [0.25, 0.3) is 0 Å². The van der Waals surface area contributed by atoms with Crippen molar-refractivity contribution < 1.29 is 8.42 Å². The lowest BCUT2D eigenvalue weighted by molar-refractivity contribution is 0.0827. The van der Waals surface area contributed by atoms with Crippen molar-refractivity contribution in [1.29, 1.82) is 0 Å². The molecule has 0 radical (unpaired) electrons. The van der Waals surface area contributed by atoms with Gasteiger partial charge in [0.15, 0.2) is 0 Å². The Morgan fingerprint density at radius 3 is 2.67 bits per heavy atom. The third-order valence-electron chi connectivity index (χ3n) is 3.88. The van der Waals surface area contributed by atoms with E-state index in [9.17, 15) is 8.42 Å². The largest absolute Gasteiger partial charge is 0.383 e. The van der Waals surface area contributed by atoms with Crippen molar-refractivity contribution >= 4 is 15.8 Å². The summed E-state index contributed by atoms with van der Waals surface area (Å²) in [5, 5.41) is 6.09. The van der Waals surface area contributed by atoms with E-state index >= 15 is 0 Å². The molecule has 8 heteroatoms. The molecule has 4 rings (SSSR count). The first-order valence-electron chi connectivity index (χ1n) is 6.10. The average molecular weight is 271 g/mol. The fourth-order valence-corrected chi connectivity index (χ4v) is 4.18. The van der Waals surface area contributed by atoms with Gasteiger partial charge in [0.1, 0.15) is 10.7 Å². The summed E-state index contributed by atoms with van der Waals surface area (Å²) < 4.78 is 27.1. The molecule has 0 aliphatic carbocycles.